The van der Waals surface area contributed by atoms with Gasteiger partial charge in [-0.05, 0) is 40.5 Å². The van der Waals surface area contributed by atoms with E-state index in [4.69, 9.17) is 0 Å². The number of aromatic amines is 1. The van der Waals surface area contributed by atoms with Gasteiger partial charge in [-0.15, -0.1) is 10.2 Å². The van der Waals surface area contributed by atoms with Crippen LogP contribution in [0.3, 0.4) is 0 Å². The van der Waals surface area contributed by atoms with Crippen LogP contribution in [0.25, 0.3) is 22.5 Å². The van der Waals surface area contributed by atoms with Crippen molar-refractivity contribution in [3.63, 3.8) is 0 Å². The fourth-order valence-electron chi connectivity index (χ4n) is 3.72. The molecule has 9 heteroatoms. The van der Waals surface area contributed by atoms with E-state index < -0.39 is 11.7 Å². The first kappa shape index (κ1) is 23.4. The molecule has 4 rings (SSSR count). The molecular weight excluding hydrogens is 436 g/mol. The van der Waals surface area contributed by atoms with Crippen molar-refractivity contribution in [2.45, 2.75) is 52.0 Å². The average molecular weight is 464 g/mol. The number of tetrazole rings is 1. The van der Waals surface area contributed by atoms with E-state index in [9.17, 15) is 8.78 Å². The maximum atomic E-state index is 14.6. The molecule has 0 spiro atoms. The Labute approximate surface area is 196 Å². The van der Waals surface area contributed by atoms with Crippen LogP contribution in [0.2, 0.25) is 0 Å². The highest BCUT2D eigenvalue weighted by molar-refractivity contribution is 5.80. The zero-order valence-corrected chi connectivity index (χ0v) is 19.2. The summed E-state index contributed by atoms with van der Waals surface area (Å²) in [5, 5.41) is 18.3. The standard InChI is InChI=1S/C25H27F2N7/c1-3-5-15-25(26,27)24-28-22(34(31-24)16-6-4-2)17-18-11-13-19(14-12-18)20-9-7-8-10-21(20)23-29-32-33-30-23/h4,6-14H,3,5,15-17H2,1-2H3,(H,29,30,32,33)/b6-4+. The van der Waals surface area contributed by atoms with Crippen molar-refractivity contribution in [2.24, 2.45) is 0 Å². The highest BCUT2D eigenvalue weighted by atomic mass is 19.3. The van der Waals surface area contributed by atoms with Crippen LogP contribution >= 0.6 is 0 Å². The number of alkyl halides is 2. The Balaban J connectivity index is 1.59. The Morgan fingerprint density at radius 3 is 2.50 bits per heavy atom. The number of hydrogen-bond donors (Lipinski definition) is 1. The number of unbranched alkanes of at least 4 members (excludes halogenated alkanes) is 1. The third kappa shape index (κ3) is 5.24. The van der Waals surface area contributed by atoms with Gasteiger partial charge in [0.25, 0.3) is 0 Å². The lowest BCUT2D eigenvalue weighted by Crippen LogP contribution is -2.16. The third-order valence-electron chi connectivity index (χ3n) is 5.59. The number of rotatable bonds is 10. The molecule has 176 valence electrons. The molecule has 34 heavy (non-hydrogen) atoms. The van der Waals surface area contributed by atoms with Crippen LogP contribution in [0.1, 0.15) is 50.3 Å². The summed E-state index contributed by atoms with van der Waals surface area (Å²) < 4.78 is 30.8. The van der Waals surface area contributed by atoms with Crippen molar-refractivity contribution >= 4 is 0 Å². The van der Waals surface area contributed by atoms with Crippen LogP contribution < -0.4 is 0 Å². The summed E-state index contributed by atoms with van der Waals surface area (Å²) in [6.45, 7) is 4.18. The van der Waals surface area contributed by atoms with E-state index in [2.05, 4.69) is 30.7 Å². The Hall–Kier alpha value is -3.75. The molecule has 0 saturated heterocycles. The molecule has 4 aromatic rings. The van der Waals surface area contributed by atoms with Gasteiger partial charge in [0.1, 0.15) is 5.82 Å². The van der Waals surface area contributed by atoms with Gasteiger partial charge < -0.3 is 0 Å². The molecule has 7 nitrogen and oxygen atoms in total. The first-order valence-corrected chi connectivity index (χ1v) is 11.4. The Morgan fingerprint density at radius 2 is 1.82 bits per heavy atom. The number of nitrogens with one attached hydrogen (secondary N) is 1. The van der Waals surface area contributed by atoms with E-state index in [1.54, 1.807) is 4.68 Å². The molecular formula is C25H27F2N7. The van der Waals surface area contributed by atoms with Crippen LogP contribution in [0.4, 0.5) is 8.78 Å². The zero-order chi connectivity index (χ0) is 24.0. The van der Waals surface area contributed by atoms with E-state index in [1.165, 1.54) is 0 Å². The number of allylic oxidation sites excluding steroid dienone is 2. The van der Waals surface area contributed by atoms with Crippen molar-refractivity contribution in [1.29, 1.82) is 0 Å². The van der Waals surface area contributed by atoms with E-state index in [-0.39, 0.29) is 6.42 Å². The molecule has 2 aromatic heterocycles. The molecule has 0 bridgehead atoms. The van der Waals surface area contributed by atoms with Gasteiger partial charge in [0.15, 0.2) is 5.82 Å². The number of nitrogens with zero attached hydrogens (tertiary/aromatic N) is 6. The lowest BCUT2D eigenvalue weighted by atomic mass is 9.98. The first-order chi connectivity index (χ1) is 16.5. The van der Waals surface area contributed by atoms with Crippen molar-refractivity contribution < 1.29 is 8.78 Å². The van der Waals surface area contributed by atoms with Gasteiger partial charge in [-0.2, -0.15) is 8.78 Å². The summed E-state index contributed by atoms with van der Waals surface area (Å²) in [6, 6.07) is 15.8. The monoisotopic (exact) mass is 463 g/mol. The maximum Gasteiger partial charge on any atom is 0.308 e. The summed E-state index contributed by atoms with van der Waals surface area (Å²) in [5.74, 6) is -2.32. The highest BCUT2D eigenvalue weighted by Gasteiger charge is 2.36. The lowest BCUT2D eigenvalue weighted by Gasteiger charge is -2.11. The second-order valence-electron chi connectivity index (χ2n) is 8.08. The van der Waals surface area contributed by atoms with Crippen LogP contribution in [0.15, 0.2) is 60.7 Å². The van der Waals surface area contributed by atoms with E-state index in [0.29, 0.717) is 37.5 Å². The second kappa shape index (κ2) is 10.5. The van der Waals surface area contributed by atoms with Gasteiger partial charge >= 0.3 is 5.92 Å². The van der Waals surface area contributed by atoms with Gasteiger partial charge in [-0.3, -0.25) is 0 Å². The smallest absolute Gasteiger partial charge is 0.245 e. The minimum Gasteiger partial charge on any atom is -0.245 e. The molecule has 0 amide bonds. The van der Waals surface area contributed by atoms with Crippen molar-refractivity contribution in [3.05, 3.63) is 77.9 Å². The van der Waals surface area contributed by atoms with Gasteiger partial charge in [-0.1, -0.05) is 74.0 Å². The summed E-state index contributed by atoms with van der Waals surface area (Å²) in [4.78, 5) is 4.25. The molecule has 0 saturated carbocycles. The molecule has 0 atom stereocenters. The molecule has 0 aliphatic heterocycles. The van der Waals surface area contributed by atoms with Crippen LogP contribution in [0.5, 0.6) is 0 Å². The molecule has 0 unspecified atom stereocenters. The van der Waals surface area contributed by atoms with Gasteiger partial charge in [-0.25, -0.2) is 14.8 Å². The Bertz CT molecular complexity index is 1230. The lowest BCUT2D eigenvalue weighted by molar-refractivity contribution is -0.0245. The molecule has 2 heterocycles. The molecule has 0 radical (unpaired) electrons. The molecule has 0 aliphatic rings. The van der Waals surface area contributed by atoms with Crippen LogP contribution in [-0.4, -0.2) is 35.4 Å². The summed E-state index contributed by atoms with van der Waals surface area (Å²) in [5.41, 5.74) is 3.84. The quantitative estimate of drug-likeness (QED) is 0.311. The average Bonchev–Trinajstić information content (AvgIpc) is 3.53. The predicted octanol–water partition coefficient (Wildman–Crippen LogP) is 5.57. The number of aromatic nitrogens is 7. The summed E-state index contributed by atoms with van der Waals surface area (Å²) in [6.07, 6.45) is 5.04. The van der Waals surface area contributed by atoms with Gasteiger partial charge in [0.05, 0.1) is 6.54 Å². The van der Waals surface area contributed by atoms with E-state index in [1.807, 2.05) is 74.5 Å². The largest absolute Gasteiger partial charge is 0.308 e. The number of halogens is 2. The van der Waals surface area contributed by atoms with Gasteiger partial charge in [0.2, 0.25) is 5.82 Å². The topological polar surface area (TPSA) is 85.2 Å². The fraction of sp³-hybridized carbons (Fsp3) is 0.320. The maximum absolute atomic E-state index is 14.6. The van der Waals surface area contributed by atoms with Crippen molar-refractivity contribution in [1.82, 2.24) is 35.4 Å². The summed E-state index contributed by atoms with van der Waals surface area (Å²) in [7, 11) is 0. The minimum absolute atomic E-state index is 0.245. The van der Waals surface area contributed by atoms with Crippen LogP contribution in [0, 0.1) is 0 Å². The molecule has 1 N–H and O–H groups in total. The first-order valence-electron chi connectivity index (χ1n) is 11.4. The van der Waals surface area contributed by atoms with Crippen LogP contribution in [-0.2, 0) is 18.9 Å². The number of benzene rings is 2. The zero-order valence-electron chi connectivity index (χ0n) is 19.2. The molecule has 0 fully saturated rings. The highest BCUT2D eigenvalue weighted by Crippen LogP contribution is 2.32. The SMILES string of the molecule is C/C=C/Cn1nc(C(F)(F)CCCC)nc1Cc1ccc(-c2ccccc2-c2nnn[nH]2)cc1. The fourth-order valence-corrected chi connectivity index (χ4v) is 3.72. The van der Waals surface area contributed by atoms with E-state index >= 15 is 0 Å². The number of hydrogen-bond acceptors (Lipinski definition) is 5. The van der Waals surface area contributed by atoms with Gasteiger partial charge in [0, 0.05) is 18.4 Å². The second-order valence-corrected chi connectivity index (χ2v) is 8.08. The summed E-state index contributed by atoms with van der Waals surface area (Å²) >= 11 is 0. The molecule has 0 aliphatic carbocycles. The third-order valence-corrected chi connectivity index (χ3v) is 5.59. The Morgan fingerprint density at radius 1 is 1.06 bits per heavy atom. The molecule has 2 aromatic carbocycles. The van der Waals surface area contributed by atoms with Crippen molar-refractivity contribution in [3.8, 4) is 22.5 Å². The Kier molecular flexibility index (Phi) is 7.20. The predicted molar refractivity (Wildman–Crippen MR) is 126 cm³/mol. The normalized spacial score (nSPS) is 12.0. The number of H-pyrrole nitrogens is 1. The minimum atomic E-state index is -3.03. The van der Waals surface area contributed by atoms with E-state index in [0.717, 1.165) is 22.3 Å². The van der Waals surface area contributed by atoms with Crippen molar-refractivity contribution in [2.75, 3.05) is 0 Å².